The van der Waals surface area contributed by atoms with Crippen molar-refractivity contribution < 1.29 is 17.9 Å². The Morgan fingerprint density at radius 3 is 2.68 bits per heavy atom. The number of hydrogen-bond acceptors (Lipinski definition) is 6. The first kappa shape index (κ1) is 15.3. The number of esters is 1. The number of benzene rings is 1. The van der Waals surface area contributed by atoms with Gasteiger partial charge in [-0.1, -0.05) is 13.0 Å². The van der Waals surface area contributed by atoms with Gasteiger partial charge in [-0.15, -0.1) is 0 Å². The van der Waals surface area contributed by atoms with Crippen LogP contribution in [0.15, 0.2) is 18.2 Å². The lowest BCUT2D eigenvalue weighted by Crippen LogP contribution is -2.19. The number of nitrogen functional groups attached to an aromatic ring is 1. The zero-order valence-electron chi connectivity index (χ0n) is 11.0. The Morgan fingerprint density at radius 2 is 2.11 bits per heavy atom. The van der Waals surface area contributed by atoms with Gasteiger partial charge in [0, 0.05) is 12.3 Å². The highest BCUT2D eigenvalue weighted by molar-refractivity contribution is 7.91. The van der Waals surface area contributed by atoms with Crippen LogP contribution in [0.1, 0.15) is 17.3 Å². The Bertz CT molecular complexity index is 555. The van der Waals surface area contributed by atoms with Crippen LogP contribution in [0.25, 0.3) is 0 Å². The first-order valence-electron chi connectivity index (χ1n) is 5.82. The minimum Gasteiger partial charge on any atom is -0.465 e. The second kappa shape index (κ2) is 6.42. The SMILES string of the molecule is CCS(=O)(=O)CCNc1c(N)cccc1C(=O)OC. The lowest BCUT2D eigenvalue weighted by atomic mass is 10.1. The zero-order valence-corrected chi connectivity index (χ0v) is 11.8. The molecule has 6 nitrogen and oxygen atoms in total. The van der Waals surface area contributed by atoms with Crippen LogP contribution in [-0.4, -0.2) is 39.5 Å². The molecule has 0 atom stereocenters. The fourth-order valence-corrected chi connectivity index (χ4v) is 2.23. The number of para-hydroxylation sites is 1. The Morgan fingerprint density at radius 1 is 1.42 bits per heavy atom. The maximum atomic E-state index is 11.6. The third-order valence-corrected chi connectivity index (χ3v) is 4.36. The van der Waals surface area contributed by atoms with Gasteiger partial charge in [-0.05, 0) is 12.1 Å². The molecule has 0 amide bonds. The largest absolute Gasteiger partial charge is 0.465 e. The van der Waals surface area contributed by atoms with Gasteiger partial charge in [0.15, 0.2) is 9.84 Å². The second-order valence-electron chi connectivity index (χ2n) is 3.92. The van der Waals surface area contributed by atoms with Crippen molar-refractivity contribution in [3.05, 3.63) is 23.8 Å². The molecule has 1 aromatic carbocycles. The molecule has 0 aromatic heterocycles. The predicted molar refractivity (Wildman–Crippen MR) is 75.0 cm³/mol. The molecule has 0 fully saturated rings. The molecular formula is C12H18N2O4S. The van der Waals surface area contributed by atoms with Gasteiger partial charge >= 0.3 is 5.97 Å². The molecule has 1 rings (SSSR count). The maximum Gasteiger partial charge on any atom is 0.340 e. The van der Waals surface area contributed by atoms with Crippen molar-refractivity contribution >= 4 is 27.2 Å². The maximum absolute atomic E-state index is 11.6. The minimum atomic E-state index is -3.06. The highest BCUT2D eigenvalue weighted by atomic mass is 32.2. The molecule has 0 radical (unpaired) electrons. The van der Waals surface area contributed by atoms with Gasteiger partial charge in [-0.3, -0.25) is 0 Å². The smallest absolute Gasteiger partial charge is 0.340 e. The number of anilines is 2. The summed E-state index contributed by atoms with van der Waals surface area (Å²) in [5.41, 5.74) is 6.84. The summed E-state index contributed by atoms with van der Waals surface area (Å²) in [5.74, 6) is -0.450. The van der Waals surface area contributed by atoms with E-state index < -0.39 is 15.8 Å². The van der Waals surface area contributed by atoms with E-state index in [1.165, 1.54) is 7.11 Å². The van der Waals surface area contributed by atoms with E-state index in [1.54, 1.807) is 25.1 Å². The van der Waals surface area contributed by atoms with Gasteiger partial charge in [0.2, 0.25) is 0 Å². The van der Waals surface area contributed by atoms with Crippen molar-refractivity contribution in [1.29, 1.82) is 0 Å². The van der Waals surface area contributed by atoms with Crippen LogP contribution in [-0.2, 0) is 14.6 Å². The Kier molecular flexibility index (Phi) is 5.17. The standard InChI is InChI=1S/C12H18N2O4S/c1-3-19(16,17)8-7-14-11-9(12(15)18-2)5-4-6-10(11)13/h4-6,14H,3,7-8,13H2,1-2H3. The van der Waals surface area contributed by atoms with Crippen LogP contribution in [0.2, 0.25) is 0 Å². The lowest BCUT2D eigenvalue weighted by Gasteiger charge is -2.13. The van der Waals surface area contributed by atoms with Crippen LogP contribution in [0.5, 0.6) is 0 Å². The van der Waals surface area contributed by atoms with Gasteiger partial charge in [0.25, 0.3) is 0 Å². The number of rotatable bonds is 6. The Hall–Kier alpha value is -1.76. The topological polar surface area (TPSA) is 98.5 Å². The van der Waals surface area contributed by atoms with E-state index in [0.29, 0.717) is 11.4 Å². The number of methoxy groups -OCH3 is 1. The summed E-state index contributed by atoms with van der Waals surface area (Å²) in [6.45, 7) is 1.78. The molecule has 19 heavy (non-hydrogen) atoms. The number of carbonyl (C=O) groups is 1. The van der Waals surface area contributed by atoms with Gasteiger partial charge in [-0.2, -0.15) is 0 Å². The monoisotopic (exact) mass is 286 g/mol. The van der Waals surface area contributed by atoms with Crippen molar-refractivity contribution in [1.82, 2.24) is 0 Å². The van der Waals surface area contributed by atoms with Crippen molar-refractivity contribution in [3.8, 4) is 0 Å². The fourth-order valence-electron chi connectivity index (χ4n) is 1.52. The average molecular weight is 286 g/mol. The van der Waals surface area contributed by atoms with E-state index in [-0.39, 0.29) is 23.6 Å². The highest BCUT2D eigenvalue weighted by Crippen LogP contribution is 2.23. The summed E-state index contributed by atoms with van der Waals surface area (Å²) in [4.78, 5) is 11.6. The molecular weight excluding hydrogens is 268 g/mol. The van der Waals surface area contributed by atoms with Gasteiger partial charge in [-0.25, -0.2) is 13.2 Å². The van der Waals surface area contributed by atoms with E-state index in [4.69, 9.17) is 5.73 Å². The van der Waals surface area contributed by atoms with Gasteiger partial charge < -0.3 is 15.8 Å². The predicted octanol–water partition coefficient (Wildman–Crippen LogP) is 0.902. The Labute approximate surface area is 112 Å². The zero-order chi connectivity index (χ0) is 14.5. The number of sulfone groups is 1. The van der Waals surface area contributed by atoms with Crippen molar-refractivity contribution in [2.75, 3.05) is 36.2 Å². The molecule has 0 saturated carbocycles. The molecule has 0 unspecified atom stereocenters. The molecule has 7 heteroatoms. The van der Waals surface area contributed by atoms with E-state index in [0.717, 1.165) is 0 Å². The van der Waals surface area contributed by atoms with Gasteiger partial charge in [0.05, 0.1) is 29.8 Å². The van der Waals surface area contributed by atoms with Crippen molar-refractivity contribution in [2.45, 2.75) is 6.92 Å². The van der Waals surface area contributed by atoms with Crippen LogP contribution in [0.4, 0.5) is 11.4 Å². The molecule has 0 heterocycles. The minimum absolute atomic E-state index is 0.0154. The van der Waals surface area contributed by atoms with Crippen LogP contribution in [0.3, 0.4) is 0 Å². The molecule has 1 aromatic rings. The van der Waals surface area contributed by atoms with Crippen molar-refractivity contribution in [2.24, 2.45) is 0 Å². The Balaban J connectivity index is 2.86. The summed E-state index contributed by atoms with van der Waals surface area (Å²) < 4.78 is 27.4. The molecule has 0 bridgehead atoms. The molecule has 0 aliphatic rings. The van der Waals surface area contributed by atoms with Gasteiger partial charge in [0.1, 0.15) is 0 Å². The number of nitrogens with two attached hydrogens (primary N) is 1. The summed E-state index contributed by atoms with van der Waals surface area (Å²) in [6, 6.07) is 4.83. The third kappa shape index (κ3) is 4.13. The van der Waals surface area contributed by atoms with E-state index in [2.05, 4.69) is 10.1 Å². The number of hydrogen-bond donors (Lipinski definition) is 2. The number of nitrogens with one attached hydrogen (secondary N) is 1. The lowest BCUT2D eigenvalue weighted by molar-refractivity contribution is 0.0602. The molecule has 0 spiro atoms. The summed E-state index contributed by atoms with van der Waals surface area (Å²) >= 11 is 0. The molecule has 0 aliphatic carbocycles. The quantitative estimate of drug-likeness (QED) is 0.595. The van der Waals surface area contributed by atoms with Crippen LogP contribution in [0, 0.1) is 0 Å². The fraction of sp³-hybridized carbons (Fsp3) is 0.417. The second-order valence-corrected chi connectivity index (χ2v) is 6.40. The summed E-state index contributed by atoms with van der Waals surface area (Å²) in [5, 5.41) is 2.88. The van der Waals surface area contributed by atoms with E-state index in [9.17, 15) is 13.2 Å². The first-order chi connectivity index (χ1) is 8.91. The summed E-state index contributed by atoms with van der Waals surface area (Å²) in [7, 11) is -1.79. The van der Waals surface area contributed by atoms with E-state index >= 15 is 0 Å². The third-order valence-electron chi connectivity index (χ3n) is 2.66. The van der Waals surface area contributed by atoms with Crippen LogP contribution >= 0.6 is 0 Å². The summed E-state index contributed by atoms with van der Waals surface area (Å²) in [6.07, 6.45) is 0. The highest BCUT2D eigenvalue weighted by Gasteiger charge is 2.14. The van der Waals surface area contributed by atoms with Crippen LogP contribution < -0.4 is 11.1 Å². The van der Waals surface area contributed by atoms with E-state index in [1.807, 2.05) is 0 Å². The molecule has 0 saturated heterocycles. The normalized spacial score (nSPS) is 11.1. The average Bonchev–Trinajstić information content (AvgIpc) is 2.39. The van der Waals surface area contributed by atoms with Crippen molar-refractivity contribution in [3.63, 3.8) is 0 Å². The molecule has 0 aliphatic heterocycles. The molecule has 3 N–H and O–H groups in total. The first-order valence-corrected chi connectivity index (χ1v) is 7.64. The number of carbonyl (C=O) groups excluding carboxylic acids is 1. The number of ether oxygens (including phenoxy) is 1. The molecule has 106 valence electrons.